The van der Waals surface area contributed by atoms with E-state index >= 15 is 0 Å². The molecule has 2 rings (SSSR count). The van der Waals surface area contributed by atoms with E-state index < -0.39 is 5.60 Å². The van der Waals surface area contributed by atoms with E-state index in [-0.39, 0.29) is 0 Å². The van der Waals surface area contributed by atoms with Crippen molar-refractivity contribution in [3.63, 3.8) is 0 Å². The smallest absolute Gasteiger partial charge is 0.0663 e. The van der Waals surface area contributed by atoms with Gasteiger partial charge in [0.15, 0.2) is 0 Å². The lowest BCUT2D eigenvalue weighted by molar-refractivity contribution is 0.0511. The van der Waals surface area contributed by atoms with Crippen molar-refractivity contribution in [1.82, 2.24) is 9.78 Å². The Labute approximate surface area is 122 Å². The lowest BCUT2D eigenvalue weighted by Gasteiger charge is -2.23. The standard InChI is InChI=1S/C15H19BrN2O/c1-15(19,9-7-14-8-10-17-18(14)2)11-12-3-5-13(16)6-4-12/h3-6,8,10,19H,7,9,11H2,1-2H3. The summed E-state index contributed by atoms with van der Waals surface area (Å²) in [5.74, 6) is 0. The molecule has 0 aliphatic carbocycles. The molecule has 1 heterocycles. The van der Waals surface area contributed by atoms with Crippen LogP contribution in [0.25, 0.3) is 0 Å². The van der Waals surface area contributed by atoms with Crippen molar-refractivity contribution in [2.45, 2.75) is 31.8 Å². The van der Waals surface area contributed by atoms with Crippen LogP contribution in [0.3, 0.4) is 0 Å². The zero-order chi connectivity index (χ0) is 13.9. The molecule has 0 bridgehead atoms. The first-order chi connectivity index (χ1) is 8.96. The van der Waals surface area contributed by atoms with Gasteiger partial charge in [0.25, 0.3) is 0 Å². The van der Waals surface area contributed by atoms with E-state index in [4.69, 9.17) is 0 Å². The minimum Gasteiger partial charge on any atom is -0.390 e. The number of halogens is 1. The van der Waals surface area contributed by atoms with Crippen molar-refractivity contribution in [3.8, 4) is 0 Å². The second kappa shape index (κ2) is 5.88. The first-order valence-corrected chi connectivity index (χ1v) is 7.19. The summed E-state index contributed by atoms with van der Waals surface area (Å²) < 4.78 is 2.92. The summed E-state index contributed by atoms with van der Waals surface area (Å²) in [4.78, 5) is 0. The van der Waals surface area contributed by atoms with Gasteiger partial charge in [-0.2, -0.15) is 5.10 Å². The number of aromatic nitrogens is 2. The van der Waals surface area contributed by atoms with Gasteiger partial charge < -0.3 is 5.11 Å². The van der Waals surface area contributed by atoms with Crippen LogP contribution >= 0.6 is 15.9 Å². The highest BCUT2D eigenvalue weighted by atomic mass is 79.9. The molecular formula is C15H19BrN2O. The third kappa shape index (κ3) is 4.18. The van der Waals surface area contributed by atoms with Crippen LogP contribution in [0, 0.1) is 0 Å². The molecule has 0 spiro atoms. The first kappa shape index (κ1) is 14.3. The lowest BCUT2D eigenvalue weighted by Crippen LogP contribution is -2.28. The topological polar surface area (TPSA) is 38.0 Å². The molecule has 0 fully saturated rings. The van der Waals surface area contributed by atoms with Crippen molar-refractivity contribution in [3.05, 3.63) is 52.3 Å². The van der Waals surface area contributed by atoms with Crippen molar-refractivity contribution >= 4 is 15.9 Å². The molecule has 1 aromatic carbocycles. The normalized spacial score (nSPS) is 14.3. The maximum Gasteiger partial charge on any atom is 0.0663 e. The molecule has 1 unspecified atom stereocenters. The van der Waals surface area contributed by atoms with Gasteiger partial charge in [-0.1, -0.05) is 28.1 Å². The molecule has 19 heavy (non-hydrogen) atoms. The van der Waals surface area contributed by atoms with Crippen molar-refractivity contribution in [1.29, 1.82) is 0 Å². The highest BCUT2D eigenvalue weighted by Crippen LogP contribution is 2.20. The maximum atomic E-state index is 10.5. The summed E-state index contributed by atoms with van der Waals surface area (Å²) in [5.41, 5.74) is 1.60. The van der Waals surface area contributed by atoms with Crippen molar-refractivity contribution in [2.24, 2.45) is 7.05 Å². The van der Waals surface area contributed by atoms with Crippen LogP contribution in [0.4, 0.5) is 0 Å². The zero-order valence-corrected chi connectivity index (χ0v) is 12.9. The van der Waals surface area contributed by atoms with Crippen LogP contribution in [-0.2, 0) is 19.9 Å². The molecule has 3 nitrogen and oxygen atoms in total. The van der Waals surface area contributed by atoms with Crippen LogP contribution in [0.5, 0.6) is 0 Å². The second-order valence-corrected chi connectivity index (χ2v) is 6.16. The highest BCUT2D eigenvalue weighted by Gasteiger charge is 2.21. The molecule has 0 aliphatic rings. The lowest BCUT2D eigenvalue weighted by atomic mass is 9.91. The largest absolute Gasteiger partial charge is 0.390 e. The van der Waals surface area contributed by atoms with Gasteiger partial charge in [-0.15, -0.1) is 0 Å². The Bertz CT molecular complexity index is 531. The average molecular weight is 323 g/mol. The number of nitrogens with zero attached hydrogens (tertiary/aromatic N) is 2. The molecule has 1 aromatic heterocycles. The fourth-order valence-corrected chi connectivity index (χ4v) is 2.44. The number of aliphatic hydroxyl groups is 1. The molecule has 0 saturated carbocycles. The Morgan fingerprint density at radius 1 is 1.26 bits per heavy atom. The second-order valence-electron chi connectivity index (χ2n) is 5.25. The Kier molecular flexibility index (Phi) is 4.42. The summed E-state index contributed by atoms with van der Waals surface area (Å²) in [6.07, 6.45) is 4.01. The molecule has 0 amide bonds. The molecule has 2 aromatic rings. The fraction of sp³-hybridized carbons (Fsp3) is 0.400. The van der Waals surface area contributed by atoms with Gasteiger partial charge in [0, 0.05) is 29.8 Å². The molecule has 4 heteroatoms. The Hall–Kier alpha value is -1.13. The summed E-state index contributed by atoms with van der Waals surface area (Å²) in [6.45, 7) is 1.89. The van der Waals surface area contributed by atoms with Gasteiger partial charge in [0.1, 0.15) is 0 Å². The number of rotatable bonds is 5. The van der Waals surface area contributed by atoms with E-state index in [1.165, 1.54) is 0 Å². The summed E-state index contributed by atoms with van der Waals surface area (Å²) >= 11 is 3.42. The zero-order valence-electron chi connectivity index (χ0n) is 11.3. The Balaban J connectivity index is 1.94. The van der Waals surface area contributed by atoms with E-state index in [1.807, 2.05) is 49.0 Å². The third-order valence-corrected chi connectivity index (χ3v) is 3.87. The fourth-order valence-electron chi connectivity index (χ4n) is 2.17. The predicted molar refractivity (Wildman–Crippen MR) is 80.0 cm³/mol. The van der Waals surface area contributed by atoms with E-state index in [1.54, 1.807) is 6.20 Å². The van der Waals surface area contributed by atoms with Crippen molar-refractivity contribution < 1.29 is 5.11 Å². The minimum absolute atomic E-state index is 0.665. The van der Waals surface area contributed by atoms with E-state index in [0.29, 0.717) is 6.42 Å². The highest BCUT2D eigenvalue weighted by molar-refractivity contribution is 9.10. The minimum atomic E-state index is -0.696. The molecule has 102 valence electrons. The summed E-state index contributed by atoms with van der Waals surface area (Å²) in [6, 6.07) is 10.1. The number of aryl methyl sites for hydroxylation is 2. The van der Waals surface area contributed by atoms with Crippen molar-refractivity contribution in [2.75, 3.05) is 0 Å². The van der Waals surface area contributed by atoms with Gasteiger partial charge in [-0.05, 0) is 43.5 Å². The van der Waals surface area contributed by atoms with Crippen LogP contribution in [0.1, 0.15) is 24.6 Å². The van der Waals surface area contributed by atoms with Crippen LogP contribution in [0.2, 0.25) is 0 Å². The maximum absolute atomic E-state index is 10.5. The SMILES string of the molecule is Cn1nccc1CCC(C)(O)Cc1ccc(Br)cc1. The van der Waals surface area contributed by atoms with Gasteiger partial charge in [-0.3, -0.25) is 4.68 Å². The Morgan fingerprint density at radius 3 is 2.53 bits per heavy atom. The quantitative estimate of drug-likeness (QED) is 0.918. The number of hydrogen-bond donors (Lipinski definition) is 1. The third-order valence-electron chi connectivity index (χ3n) is 3.34. The predicted octanol–water partition coefficient (Wildman–Crippen LogP) is 3.11. The van der Waals surface area contributed by atoms with Crippen LogP contribution in [-0.4, -0.2) is 20.5 Å². The monoisotopic (exact) mass is 322 g/mol. The molecule has 0 saturated heterocycles. The molecule has 0 radical (unpaired) electrons. The van der Waals surface area contributed by atoms with E-state index in [2.05, 4.69) is 21.0 Å². The van der Waals surface area contributed by atoms with Gasteiger partial charge >= 0.3 is 0 Å². The van der Waals surface area contributed by atoms with E-state index in [0.717, 1.165) is 28.6 Å². The summed E-state index contributed by atoms with van der Waals surface area (Å²) in [5, 5.41) is 14.6. The Morgan fingerprint density at radius 2 is 1.95 bits per heavy atom. The average Bonchev–Trinajstić information content (AvgIpc) is 2.75. The first-order valence-electron chi connectivity index (χ1n) is 6.40. The molecule has 1 atom stereocenters. The van der Waals surface area contributed by atoms with Gasteiger partial charge in [0.2, 0.25) is 0 Å². The molecule has 1 N–H and O–H groups in total. The van der Waals surface area contributed by atoms with Gasteiger partial charge in [0.05, 0.1) is 5.60 Å². The number of benzene rings is 1. The molecular weight excluding hydrogens is 304 g/mol. The van der Waals surface area contributed by atoms with Crippen LogP contribution in [0.15, 0.2) is 41.0 Å². The number of hydrogen-bond acceptors (Lipinski definition) is 2. The summed E-state index contributed by atoms with van der Waals surface area (Å²) in [7, 11) is 1.93. The van der Waals surface area contributed by atoms with Gasteiger partial charge in [-0.25, -0.2) is 0 Å². The van der Waals surface area contributed by atoms with Crippen LogP contribution < -0.4 is 0 Å². The van der Waals surface area contributed by atoms with E-state index in [9.17, 15) is 5.11 Å². The molecule has 0 aliphatic heterocycles.